The summed E-state index contributed by atoms with van der Waals surface area (Å²) in [5.74, 6) is 0. The summed E-state index contributed by atoms with van der Waals surface area (Å²) in [4.78, 5) is 0. The van der Waals surface area contributed by atoms with Gasteiger partial charge in [0.2, 0.25) is 5.71 Å². The second kappa shape index (κ2) is 4.78. The fourth-order valence-corrected chi connectivity index (χ4v) is 1.13. The molecule has 4 nitrogen and oxygen atoms in total. The molecule has 0 fully saturated rings. The van der Waals surface area contributed by atoms with Gasteiger partial charge in [-0.25, -0.2) is 0 Å². The summed E-state index contributed by atoms with van der Waals surface area (Å²) >= 11 is 0. The van der Waals surface area contributed by atoms with Gasteiger partial charge in [0.25, 0.3) is 0 Å². The van der Waals surface area contributed by atoms with Crippen molar-refractivity contribution >= 4 is 11.4 Å². The van der Waals surface area contributed by atoms with Gasteiger partial charge < -0.3 is 0 Å². The number of nitrogens with one attached hydrogen (secondary N) is 1. The molecule has 74 valence electrons. The Bertz CT molecular complexity index is 458. The first-order chi connectivity index (χ1) is 7.17. The Labute approximate surface area is 88.5 Å². The standard InChI is InChI=1S/C11H10N4/c1-8-3-4-11(9(2)5-8)15-14-10(6-12)7-13/h3-5,15H,1-2H3. The number of nitrogens with zero attached hydrogens (tertiary/aromatic N) is 3. The molecule has 0 saturated carbocycles. The van der Waals surface area contributed by atoms with E-state index in [9.17, 15) is 0 Å². The third kappa shape index (κ3) is 2.82. The molecule has 0 heterocycles. The van der Waals surface area contributed by atoms with Crippen LogP contribution in [0.3, 0.4) is 0 Å². The number of nitriles is 2. The van der Waals surface area contributed by atoms with E-state index in [1.807, 2.05) is 32.0 Å². The van der Waals surface area contributed by atoms with Crippen molar-refractivity contribution in [2.45, 2.75) is 13.8 Å². The summed E-state index contributed by atoms with van der Waals surface area (Å²) in [7, 11) is 0. The van der Waals surface area contributed by atoms with E-state index in [-0.39, 0.29) is 5.71 Å². The average Bonchev–Trinajstić information content (AvgIpc) is 2.22. The Balaban J connectivity index is 2.89. The number of hydrogen-bond donors (Lipinski definition) is 1. The van der Waals surface area contributed by atoms with Crippen molar-refractivity contribution in [1.29, 1.82) is 10.5 Å². The molecule has 0 amide bonds. The van der Waals surface area contributed by atoms with Crippen LogP contribution in [-0.2, 0) is 0 Å². The number of hydrazone groups is 1. The van der Waals surface area contributed by atoms with Crippen LogP contribution in [-0.4, -0.2) is 5.71 Å². The highest BCUT2D eigenvalue weighted by Crippen LogP contribution is 2.15. The normalized spacial score (nSPS) is 8.53. The number of aryl methyl sites for hydroxylation is 2. The quantitative estimate of drug-likeness (QED) is 0.584. The average molecular weight is 198 g/mol. The number of rotatable bonds is 2. The van der Waals surface area contributed by atoms with E-state index in [0.717, 1.165) is 16.8 Å². The van der Waals surface area contributed by atoms with Crippen LogP contribution in [0.15, 0.2) is 23.3 Å². The molecule has 0 aromatic heterocycles. The molecule has 0 saturated heterocycles. The molecule has 0 spiro atoms. The van der Waals surface area contributed by atoms with Gasteiger partial charge in [-0.2, -0.15) is 15.6 Å². The van der Waals surface area contributed by atoms with Crippen LogP contribution in [0.25, 0.3) is 0 Å². The summed E-state index contributed by atoms with van der Waals surface area (Å²) in [5, 5.41) is 20.6. The Hall–Kier alpha value is -2.33. The number of benzene rings is 1. The van der Waals surface area contributed by atoms with Gasteiger partial charge in [-0.15, -0.1) is 0 Å². The zero-order valence-corrected chi connectivity index (χ0v) is 8.57. The molecule has 0 unspecified atom stereocenters. The minimum Gasteiger partial charge on any atom is -0.276 e. The van der Waals surface area contributed by atoms with Gasteiger partial charge in [-0.1, -0.05) is 17.7 Å². The summed E-state index contributed by atoms with van der Waals surface area (Å²) in [5.41, 5.74) is 5.47. The van der Waals surface area contributed by atoms with E-state index in [4.69, 9.17) is 10.5 Å². The lowest BCUT2D eigenvalue weighted by Gasteiger charge is -2.04. The lowest BCUT2D eigenvalue weighted by molar-refractivity contribution is 1.28. The first kappa shape index (κ1) is 10.7. The second-order valence-electron chi connectivity index (χ2n) is 3.11. The maximum absolute atomic E-state index is 8.47. The third-order valence-corrected chi connectivity index (χ3v) is 1.88. The molecule has 0 aliphatic carbocycles. The van der Waals surface area contributed by atoms with Crippen molar-refractivity contribution in [1.82, 2.24) is 0 Å². The third-order valence-electron chi connectivity index (χ3n) is 1.88. The fraction of sp³-hybridized carbons (Fsp3) is 0.182. The van der Waals surface area contributed by atoms with Crippen molar-refractivity contribution in [2.24, 2.45) is 5.10 Å². The molecule has 0 radical (unpaired) electrons. The van der Waals surface area contributed by atoms with Crippen molar-refractivity contribution in [3.8, 4) is 12.1 Å². The van der Waals surface area contributed by atoms with Crippen LogP contribution in [0.4, 0.5) is 5.69 Å². The lowest BCUT2D eigenvalue weighted by Crippen LogP contribution is -1.97. The molecule has 0 aliphatic heterocycles. The van der Waals surface area contributed by atoms with Gasteiger partial charge in [0.05, 0.1) is 5.69 Å². The van der Waals surface area contributed by atoms with Crippen molar-refractivity contribution in [2.75, 3.05) is 5.43 Å². The molecule has 4 heteroatoms. The molecule has 1 rings (SSSR count). The molecular weight excluding hydrogens is 188 g/mol. The van der Waals surface area contributed by atoms with Crippen LogP contribution in [0.1, 0.15) is 11.1 Å². The van der Waals surface area contributed by atoms with Gasteiger partial charge in [-0.3, -0.25) is 5.43 Å². The minimum atomic E-state index is -0.185. The molecule has 1 aromatic carbocycles. The Morgan fingerprint density at radius 3 is 2.47 bits per heavy atom. The van der Waals surface area contributed by atoms with Gasteiger partial charge in [0.15, 0.2) is 0 Å². The van der Waals surface area contributed by atoms with Gasteiger partial charge in [0, 0.05) is 0 Å². The van der Waals surface area contributed by atoms with Crippen LogP contribution < -0.4 is 5.43 Å². The minimum absolute atomic E-state index is 0.185. The van der Waals surface area contributed by atoms with E-state index >= 15 is 0 Å². The Morgan fingerprint density at radius 1 is 1.27 bits per heavy atom. The molecule has 1 aromatic rings. The van der Waals surface area contributed by atoms with Crippen LogP contribution in [0, 0.1) is 36.5 Å². The lowest BCUT2D eigenvalue weighted by atomic mass is 10.1. The number of anilines is 1. The van der Waals surface area contributed by atoms with E-state index in [0.29, 0.717) is 0 Å². The first-order valence-electron chi connectivity index (χ1n) is 4.38. The summed E-state index contributed by atoms with van der Waals surface area (Å²) in [6, 6.07) is 9.15. The maximum Gasteiger partial charge on any atom is 0.237 e. The predicted molar refractivity (Wildman–Crippen MR) is 58.2 cm³/mol. The van der Waals surface area contributed by atoms with Crippen LogP contribution >= 0.6 is 0 Å². The van der Waals surface area contributed by atoms with Crippen molar-refractivity contribution in [3.05, 3.63) is 29.3 Å². The number of hydrogen-bond acceptors (Lipinski definition) is 4. The highest BCUT2D eigenvalue weighted by molar-refractivity contribution is 6.10. The largest absolute Gasteiger partial charge is 0.276 e. The summed E-state index contributed by atoms with van der Waals surface area (Å²) in [6.45, 7) is 3.93. The second-order valence-corrected chi connectivity index (χ2v) is 3.11. The topological polar surface area (TPSA) is 72.0 Å². The van der Waals surface area contributed by atoms with Gasteiger partial charge >= 0.3 is 0 Å². The summed E-state index contributed by atoms with van der Waals surface area (Å²) < 4.78 is 0. The monoisotopic (exact) mass is 198 g/mol. The zero-order chi connectivity index (χ0) is 11.3. The van der Waals surface area contributed by atoms with Crippen molar-refractivity contribution in [3.63, 3.8) is 0 Å². The first-order valence-corrected chi connectivity index (χ1v) is 4.38. The molecule has 0 atom stereocenters. The van der Waals surface area contributed by atoms with Crippen molar-refractivity contribution < 1.29 is 0 Å². The van der Waals surface area contributed by atoms with Crippen LogP contribution in [0.2, 0.25) is 0 Å². The molecular formula is C11H10N4. The zero-order valence-electron chi connectivity index (χ0n) is 8.57. The van der Waals surface area contributed by atoms with E-state index < -0.39 is 0 Å². The maximum atomic E-state index is 8.47. The van der Waals surface area contributed by atoms with E-state index in [2.05, 4.69) is 10.5 Å². The Morgan fingerprint density at radius 2 is 1.93 bits per heavy atom. The fourth-order valence-electron chi connectivity index (χ4n) is 1.13. The Kier molecular flexibility index (Phi) is 3.43. The smallest absolute Gasteiger partial charge is 0.237 e. The SMILES string of the molecule is Cc1ccc(NN=C(C#N)C#N)c(C)c1. The van der Waals surface area contributed by atoms with E-state index in [1.54, 1.807) is 12.1 Å². The molecule has 1 N–H and O–H groups in total. The van der Waals surface area contributed by atoms with Gasteiger partial charge in [-0.05, 0) is 25.5 Å². The van der Waals surface area contributed by atoms with Crippen LogP contribution in [0.5, 0.6) is 0 Å². The molecule has 15 heavy (non-hydrogen) atoms. The summed E-state index contributed by atoms with van der Waals surface area (Å²) in [6.07, 6.45) is 0. The highest BCUT2D eigenvalue weighted by Gasteiger charge is 1.98. The molecule has 0 aliphatic rings. The highest BCUT2D eigenvalue weighted by atomic mass is 15.3. The van der Waals surface area contributed by atoms with E-state index in [1.165, 1.54) is 0 Å². The predicted octanol–water partition coefficient (Wildman–Crippen LogP) is 2.12. The van der Waals surface area contributed by atoms with Gasteiger partial charge in [0.1, 0.15) is 12.1 Å². The molecule has 0 bridgehead atoms.